The highest BCUT2D eigenvalue weighted by Gasteiger charge is 2.42. The van der Waals surface area contributed by atoms with Gasteiger partial charge in [-0.2, -0.15) is 11.8 Å². The Morgan fingerprint density at radius 1 is 1.30 bits per heavy atom. The maximum atomic E-state index is 12.6. The molecule has 1 aromatic heterocycles. The predicted octanol–water partition coefficient (Wildman–Crippen LogP) is 2.64. The number of rotatable bonds is 7. The summed E-state index contributed by atoms with van der Waals surface area (Å²) < 4.78 is 1.59. The molecule has 8 nitrogen and oxygen atoms in total. The molecule has 3 amide bonds. The van der Waals surface area contributed by atoms with E-state index in [0.29, 0.717) is 28.3 Å². The van der Waals surface area contributed by atoms with Gasteiger partial charge < -0.3 is 16.0 Å². The third-order valence-electron chi connectivity index (χ3n) is 5.70. The molecule has 0 saturated carbocycles. The highest BCUT2D eigenvalue weighted by molar-refractivity contribution is 8.00. The lowest BCUT2D eigenvalue weighted by atomic mass is 10.0. The zero-order valence-electron chi connectivity index (χ0n) is 17.2. The van der Waals surface area contributed by atoms with Crippen LogP contribution >= 0.6 is 11.8 Å². The molecule has 160 valence electrons. The first-order chi connectivity index (χ1) is 14.4. The summed E-state index contributed by atoms with van der Waals surface area (Å²) in [6.07, 6.45) is 4.70. The van der Waals surface area contributed by atoms with Crippen LogP contribution in [0, 0.1) is 0 Å². The van der Waals surface area contributed by atoms with E-state index in [1.165, 1.54) is 0 Å². The Hall–Kier alpha value is -2.55. The van der Waals surface area contributed by atoms with Crippen LogP contribution in [-0.4, -0.2) is 44.6 Å². The molecule has 1 aromatic carbocycles. The van der Waals surface area contributed by atoms with Crippen LogP contribution in [0.15, 0.2) is 29.3 Å². The summed E-state index contributed by atoms with van der Waals surface area (Å²) in [7, 11) is 0. The van der Waals surface area contributed by atoms with E-state index >= 15 is 0 Å². The molecule has 30 heavy (non-hydrogen) atoms. The number of aromatic nitrogens is 2. The number of nitrogens with one attached hydrogen (secondary N) is 3. The molecular weight excluding hydrogens is 402 g/mol. The Morgan fingerprint density at radius 3 is 2.93 bits per heavy atom. The van der Waals surface area contributed by atoms with Crippen LogP contribution in [0.2, 0.25) is 0 Å². The van der Waals surface area contributed by atoms with Crippen molar-refractivity contribution in [1.29, 1.82) is 0 Å². The predicted molar refractivity (Wildman–Crippen MR) is 119 cm³/mol. The number of amides is 3. The summed E-state index contributed by atoms with van der Waals surface area (Å²) in [6, 6.07) is 5.63. The molecule has 2 aliphatic rings. The third kappa shape index (κ3) is 4.30. The molecule has 2 aliphatic heterocycles. The maximum absolute atomic E-state index is 12.6. The Morgan fingerprint density at radius 2 is 2.13 bits per heavy atom. The first-order valence-corrected chi connectivity index (χ1v) is 11.5. The van der Waals surface area contributed by atoms with Crippen molar-refractivity contribution in [2.24, 2.45) is 0 Å². The summed E-state index contributed by atoms with van der Waals surface area (Å²) >= 11 is 1.89. The normalized spacial score (nSPS) is 22.8. The second kappa shape index (κ2) is 8.67. The molecule has 2 aromatic rings. The van der Waals surface area contributed by atoms with E-state index in [4.69, 9.17) is 0 Å². The number of hydrogen-bond acceptors (Lipinski definition) is 5. The lowest BCUT2D eigenvalue weighted by Crippen LogP contribution is -2.36. The molecule has 9 heteroatoms. The second-order valence-electron chi connectivity index (χ2n) is 8.20. The molecule has 0 aliphatic carbocycles. The number of nitrogens with zero attached hydrogens (tertiary/aromatic N) is 2. The fourth-order valence-corrected chi connectivity index (χ4v) is 5.62. The topological polar surface area (TPSA) is 105 Å². The standard InChI is InChI=1S/C21H27N5O3S/c1-12(2)26-11-22-15-8-7-13(9-14(15)20(26)28)23-18(27)6-4-3-5-17-19-16(10-30-17)24-21(29)25-19/h7-9,11-12,16-17,19H,3-6,10H2,1-2H3,(H,23,27)(H2,24,25,29). The minimum atomic E-state index is -0.105. The molecule has 4 rings (SSSR count). The fraction of sp³-hybridized carbons (Fsp3) is 0.524. The summed E-state index contributed by atoms with van der Waals surface area (Å²) in [4.78, 5) is 40.7. The number of carbonyl (C=O) groups excluding carboxylic acids is 2. The van der Waals surface area contributed by atoms with Gasteiger partial charge in [-0.25, -0.2) is 9.78 Å². The van der Waals surface area contributed by atoms with Gasteiger partial charge in [0.2, 0.25) is 5.91 Å². The van der Waals surface area contributed by atoms with Crippen LogP contribution in [0.4, 0.5) is 10.5 Å². The maximum Gasteiger partial charge on any atom is 0.315 e. The van der Waals surface area contributed by atoms with Crippen molar-refractivity contribution in [3.63, 3.8) is 0 Å². The fourth-order valence-electron chi connectivity index (χ4n) is 4.08. The van der Waals surface area contributed by atoms with E-state index in [1.807, 2.05) is 25.6 Å². The Balaban J connectivity index is 1.29. The number of unbranched alkanes of at least 4 members (excludes halogenated alkanes) is 1. The van der Waals surface area contributed by atoms with Gasteiger partial charge in [-0.3, -0.25) is 14.2 Å². The number of anilines is 1. The Kier molecular flexibility index (Phi) is 5.99. The van der Waals surface area contributed by atoms with Gasteiger partial charge in [0.15, 0.2) is 0 Å². The average Bonchev–Trinajstić information content (AvgIpc) is 3.25. The van der Waals surface area contributed by atoms with Gasteiger partial charge in [0.05, 0.1) is 29.3 Å². The summed E-state index contributed by atoms with van der Waals surface area (Å²) in [6.45, 7) is 3.86. The van der Waals surface area contributed by atoms with Crippen molar-refractivity contribution in [3.05, 3.63) is 34.9 Å². The molecule has 2 saturated heterocycles. The first kappa shape index (κ1) is 20.7. The zero-order chi connectivity index (χ0) is 21.3. The van der Waals surface area contributed by atoms with Crippen molar-refractivity contribution in [3.8, 4) is 0 Å². The van der Waals surface area contributed by atoms with Gasteiger partial charge >= 0.3 is 6.03 Å². The van der Waals surface area contributed by atoms with E-state index in [-0.39, 0.29) is 35.6 Å². The molecule has 3 atom stereocenters. The van der Waals surface area contributed by atoms with Crippen molar-refractivity contribution in [2.45, 2.75) is 62.9 Å². The number of carbonyl (C=O) groups is 2. The first-order valence-electron chi connectivity index (χ1n) is 10.4. The monoisotopic (exact) mass is 429 g/mol. The molecule has 0 bridgehead atoms. The van der Waals surface area contributed by atoms with E-state index < -0.39 is 0 Å². The van der Waals surface area contributed by atoms with Gasteiger partial charge in [-0.1, -0.05) is 6.42 Å². The number of benzene rings is 1. The Bertz CT molecular complexity index is 1020. The number of urea groups is 1. The second-order valence-corrected chi connectivity index (χ2v) is 9.47. The highest BCUT2D eigenvalue weighted by Crippen LogP contribution is 2.33. The van der Waals surface area contributed by atoms with Crippen molar-refractivity contribution in [2.75, 3.05) is 11.1 Å². The van der Waals surface area contributed by atoms with Gasteiger partial charge in [0.1, 0.15) is 0 Å². The highest BCUT2D eigenvalue weighted by atomic mass is 32.2. The molecule has 2 fully saturated rings. The zero-order valence-corrected chi connectivity index (χ0v) is 18.0. The largest absolute Gasteiger partial charge is 0.332 e. The molecule has 3 N–H and O–H groups in total. The average molecular weight is 430 g/mol. The number of fused-ring (bicyclic) bond motifs is 2. The summed E-state index contributed by atoms with van der Waals surface area (Å²) in [5, 5.41) is 9.75. The molecular formula is C21H27N5O3S. The van der Waals surface area contributed by atoms with Gasteiger partial charge in [-0.15, -0.1) is 0 Å². The van der Waals surface area contributed by atoms with E-state index in [9.17, 15) is 14.4 Å². The van der Waals surface area contributed by atoms with E-state index in [0.717, 1.165) is 25.0 Å². The van der Waals surface area contributed by atoms with Crippen LogP contribution in [-0.2, 0) is 4.79 Å². The Labute approximate surface area is 179 Å². The van der Waals surface area contributed by atoms with Crippen LogP contribution in [0.1, 0.15) is 45.6 Å². The van der Waals surface area contributed by atoms with Crippen LogP contribution in [0.3, 0.4) is 0 Å². The lowest BCUT2D eigenvalue weighted by molar-refractivity contribution is -0.116. The minimum absolute atomic E-state index is 0.0225. The van der Waals surface area contributed by atoms with Crippen molar-refractivity contribution < 1.29 is 9.59 Å². The third-order valence-corrected chi connectivity index (χ3v) is 7.21. The van der Waals surface area contributed by atoms with Crippen LogP contribution in [0.25, 0.3) is 10.9 Å². The quantitative estimate of drug-likeness (QED) is 0.464. The minimum Gasteiger partial charge on any atom is -0.332 e. The molecule has 3 unspecified atom stereocenters. The van der Waals surface area contributed by atoms with Gasteiger partial charge in [0, 0.05) is 29.2 Å². The molecule has 0 spiro atoms. The van der Waals surface area contributed by atoms with Crippen molar-refractivity contribution in [1.82, 2.24) is 20.2 Å². The summed E-state index contributed by atoms with van der Waals surface area (Å²) in [5.74, 6) is 0.888. The summed E-state index contributed by atoms with van der Waals surface area (Å²) in [5.41, 5.74) is 1.13. The van der Waals surface area contributed by atoms with Gasteiger partial charge in [-0.05, 0) is 44.9 Å². The molecule has 3 heterocycles. The number of thioether (sulfide) groups is 1. The van der Waals surface area contributed by atoms with Crippen LogP contribution < -0.4 is 21.5 Å². The van der Waals surface area contributed by atoms with Crippen molar-refractivity contribution >= 4 is 40.3 Å². The molecule has 0 radical (unpaired) electrons. The van der Waals surface area contributed by atoms with E-state index in [2.05, 4.69) is 20.9 Å². The SMILES string of the molecule is CC(C)n1cnc2ccc(NC(=O)CCCCC3SCC4NC(=O)NC43)cc2c1=O. The lowest BCUT2D eigenvalue weighted by Gasteiger charge is -2.16. The number of hydrogen-bond donors (Lipinski definition) is 3. The van der Waals surface area contributed by atoms with Crippen LogP contribution in [0.5, 0.6) is 0 Å². The smallest absolute Gasteiger partial charge is 0.315 e. The van der Waals surface area contributed by atoms with E-state index in [1.54, 1.807) is 29.1 Å². The van der Waals surface area contributed by atoms with Gasteiger partial charge in [0.25, 0.3) is 5.56 Å².